The van der Waals surface area contributed by atoms with E-state index < -0.39 is 5.92 Å². The molecule has 0 amide bonds. The predicted molar refractivity (Wildman–Crippen MR) is 142 cm³/mol. The number of anilines is 1. The third kappa shape index (κ3) is 5.18. The van der Waals surface area contributed by atoms with E-state index in [9.17, 15) is 9.59 Å². The summed E-state index contributed by atoms with van der Waals surface area (Å²) in [7, 11) is 5.62. The lowest BCUT2D eigenvalue weighted by molar-refractivity contribution is -0.140. The molecule has 2 aliphatic rings. The van der Waals surface area contributed by atoms with Crippen molar-refractivity contribution >= 4 is 17.4 Å². The Hall–Kier alpha value is -3.54. The van der Waals surface area contributed by atoms with Gasteiger partial charge >= 0.3 is 5.97 Å². The number of hydrogen-bond donors (Lipinski definition) is 1. The molecular weight excluding hydrogens is 452 g/mol. The summed E-state index contributed by atoms with van der Waals surface area (Å²) in [6, 6.07) is 16.0. The van der Waals surface area contributed by atoms with Gasteiger partial charge < -0.3 is 19.7 Å². The lowest BCUT2D eigenvalue weighted by Crippen LogP contribution is -2.36. The van der Waals surface area contributed by atoms with Gasteiger partial charge in [-0.05, 0) is 60.6 Å². The molecule has 0 aromatic heterocycles. The van der Waals surface area contributed by atoms with E-state index in [1.807, 2.05) is 88.3 Å². The highest BCUT2D eigenvalue weighted by molar-refractivity contribution is 6.04. The van der Waals surface area contributed by atoms with Crippen molar-refractivity contribution < 1.29 is 19.1 Å². The molecule has 1 heterocycles. The minimum absolute atomic E-state index is 0.0629. The SMILES string of the molecule is COc1ccc([C@@H]2CC(=O)C3=C(C2)NC(C)=C(C(=O)OCC(C)C)[C@H]3c2ccc(N(C)C)cc2)cc1. The number of esters is 1. The molecule has 0 spiro atoms. The third-order valence-electron chi connectivity index (χ3n) is 6.93. The van der Waals surface area contributed by atoms with Crippen molar-refractivity contribution in [3.63, 3.8) is 0 Å². The normalized spacial score (nSPS) is 19.7. The highest BCUT2D eigenvalue weighted by Crippen LogP contribution is 2.46. The second kappa shape index (κ2) is 10.6. The number of benzene rings is 2. The van der Waals surface area contributed by atoms with Gasteiger partial charge in [-0.15, -0.1) is 0 Å². The van der Waals surface area contributed by atoms with E-state index in [1.165, 1.54) is 0 Å². The zero-order chi connectivity index (χ0) is 26.0. The molecule has 0 radical (unpaired) electrons. The van der Waals surface area contributed by atoms with Crippen molar-refractivity contribution in [1.82, 2.24) is 5.32 Å². The van der Waals surface area contributed by atoms with Gasteiger partial charge in [0.2, 0.25) is 0 Å². The van der Waals surface area contributed by atoms with Crippen LogP contribution in [-0.4, -0.2) is 39.6 Å². The van der Waals surface area contributed by atoms with Crippen LogP contribution in [0.15, 0.2) is 71.1 Å². The molecule has 0 unspecified atom stereocenters. The van der Waals surface area contributed by atoms with Crippen molar-refractivity contribution in [3.8, 4) is 5.75 Å². The molecule has 6 heteroatoms. The van der Waals surface area contributed by atoms with Crippen LogP contribution in [0.3, 0.4) is 0 Å². The number of hydrogen-bond acceptors (Lipinski definition) is 6. The van der Waals surface area contributed by atoms with Gasteiger partial charge in [0.15, 0.2) is 5.78 Å². The number of ketones is 1. The maximum atomic E-state index is 13.7. The number of carbonyl (C=O) groups is 2. The minimum Gasteiger partial charge on any atom is -0.497 e. The van der Waals surface area contributed by atoms with E-state index in [2.05, 4.69) is 5.32 Å². The van der Waals surface area contributed by atoms with Gasteiger partial charge in [0, 0.05) is 49.1 Å². The number of ether oxygens (including phenoxy) is 2. The van der Waals surface area contributed by atoms with Crippen LogP contribution in [0, 0.1) is 5.92 Å². The van der Waals surface area contributed by atoms with Gasteiger partial charge in [-0.3, -0.25) is 4.79 Å². The van der Waals surface area contributed by atoms with Gasteiger partial charge in [0.1, 0.15) is 5.75 Å². The molecule has 190 valence electrons. The molecule has 2 atom stereocenters. The van der Waals surface area contributed by atoms with E-state index in [0.29, 0.717) is 30.6 Å². The molecule has 0 fully saturated rings. The number of nitrogens with one attached hydrogen (secondary N) is 1. The minimum atomic E-state index is -0.457. The molecule has 6 nitrogen and oxygen atoms in total. The van der Waals surface area contributed by atoms with Crippen molar-refractivity contribution in [2.24, 2.45) is 5.92 Å². The molecule has 4 rings (SSSR count). The predicted octanol–water partition coefficient (Wildman–Crippen LogP) is 5.32. The molecular formula is C30H36N2O4. The summed E-state index contributed by atoms with van der Waals surface area (Å²) < 4.78 is 11.0. The van der Waals surface area contributed by atoms with Crippen molar-refractivity contribution in [2.45, 2.75) is 45.4 Å². The number of carbonyl (C=O) groups excluding carboxylic acids is 2. The van der Waals surface area contributed by atoms with Crippen LogP contribution in [0.5, 0.6) is 5.75 Å². The van der Waals surface area contributed by atoms with E-state index in [0.717, 1.165) is 34.0 Å². The number of rotatable bonds is 7. The Morgan fingerprint density at radius 1 is 1.03 bits per heavy atom. The first kappa shape index (κ1) is 25.5. The van der Waals surface area contributed by atoms with Crippen molar-refractivity contribution in [3.05, 3.63) is 82.2 Å². The first-order valence-corrected chi connectivity index (χ1v) is 12.5. The number of dihydropyridines is 1. The maximum absolute atomic E-state index is 13.7. The zero-order valence-electron chi connectivity index (χ0n) is 22.1. The van der Waals surface area contributed by atoms with E-state index in [4.69, 9.17) is 9.47 Å². The lowest BCUT2D eigenvalue weighted by atomic mass is 9.71. The smallest absolute Gasteiger partial charge is 0.336 e. The highest BCUT2D eigenvalue weighted by Gasteiger charge is 2.41. The fourth-order valence-corrected chi connectivity index (χ4v) is 5.04. The molecule has 0 saturated carbocycles. The Morgan fingerprint density at radius 2 is 1.67 bits per heavy atom. The molecule has 2 aromatic carbocycles. The molecule has 1 N–H and O–H groups in total. The van der Waals surface area contributed by atoms with Crippen LogP contribution >= 0.6 is 0 Å². The van der Waals surface area contributed by atoms with Crippen molar-refractivity contribution in [1.29, 1.82) is 0 Å². The Balaban J connectivity index is 1.74. The summed E-state index contributed by atoms with van der Waals surface area (Å²) in [4.78, 5) is 29.1. The van der Waals surface area contributed by atoms with Crippen LogP contribution in [0.2, 0.25) is 0 Å². The second-order valence-corrected chi connectivity index (χ2v) is 10.3. The van der Waals surface area contributed by atoms with Crippen LogP contribution in [0.4, 0.5) is 5.69 Å². The number of methoxy groups -OCH3 is 1. The quantitative estimate of drug-likeness (QED) is 0.532. The summed E-state index contributed by atoms with van der Waals surface area (Å²) >= 11 is 0. The van der Waals surface area contributed by atoms with E-state index in [1.54, 1.807) is 7.11 Å². The van der Waals surface area contributed by atoms with Crippen molar-refractivity contribution in [2.75, 3.05) is 32.7 Å². The number of nitrogens with zero attached hydrogens (tertiary/aromatic N) is 1. The zero-order valence-corrected chi connectivity index (χ0v) is 22.1. The van der Waals surface area contributed by atoms with Gasteiger partial charge in [-0.25, -0.2) is 4.79 Å². The topological polar surface area (TPSA) is 67.9 Å². The Labute approximate surface area is 214 Å². The fourth-order valence-electron chi connectivity index (χ4n) is 5.04. The average Bonchev–Trinajstić information content (AvgIpc) is 2.86. The Morgan fingerprint density at radius 3 is 2.25 bits per heavy atom. The Bertz CT molecular complexity index is 1190. The standard InChI is InChI=1S/C30H36N2O4/c1-18(2)17-36-30(34)27-19(3)31-25-15-22(20-9-13-24(35-6)14-10-20)16-26(33)29(25)28(27)21-7-11-23(12-8-21)32(4)5/h7-14,18,22,28,31H,15-17H2,1-6H3/t22-,28+/m0/s1. The maximum Gasteiger partial charge on any atom is 0.336 e. The first-order chi connectivity index (χ1) is 17.2. The summed E-state index contributed by atoms with van der Waals surface area (Å²) in [5.74, 6) is 0.316. The molecule has 1 aliphatic carbocycles. The lowest BCUT2D eigenvalue weighted by Gasteiger charge is -2.37. The molecule has 0 bridgehead atoms. The highest BCUT2D eigenvalue weighted by atomic mass is 16.5. The molecule has 1 aliphatic heterocycles. The van der Waals surface area contributed by atoms with Gasteiger partial charge in [0.05, 0.1) is 19.3 Å². The van der Waals surface area contributed by atoms with Gasteiger partial charge in [0.25, 0.3) is 0 Å². The summed E-state index contributed by atoms with van der Waals surface area (Å²) in [6.45, 7) is 6.26. The van der Waals surface area contributed by atoms with E-state index >= 15 is 0 Å². The summed E-state index contributed by atoms with van der Waals surface area (Å²) in [5.41, 5.74) is 5.91. The van der Waals surface area contributed by atoms with Crippen LogP contribution in [0.25, 0.3) is 0 Å². The first-order valence-electron chi connectivity index (χ1n) is 12.5. The average molecular weight is 489 g/mol. The monoisotopic (exact) mass is 488 g/mol. The van der Waals surface area contributed by atoms with E-state index in [-0.39, 0.29) is 23.6 Å². The number of allylic oxidation sites excluding steroid dienone is 3. The third-order valence-corrected chi connectivity index (χ3v) is 6.93. The molecule has 2 aromatic rings. The second-order valence-electron chi connectivity index (χ2n) is 10.3. The largest absolute Gasteiger partial charge is 0.497 e. The van der Waals surface area contributed by atoms with Gasteiger partial charge in [-0.1, -0.05) is 38.1 Å². The summed E-state index contributed by atoms with van der Waals surface area (Å²) in [6.07, 6.45) is 1.10. The van der Waals surface area contributed by atoms with Crippen LogP contribution < -0.4 is 15.0 Å². The van der Waals surface area contributed by atoms with Gasteiger partial charge in [-0.2, -0.15) is 0 Å². The fraction of sp³-hybridized carbons (Fsp3) is 0.400. The van der Waals surface area contributed by atoms with Crippen LogP contribution in [-0.2, 0) is 14.3 Å². The number of Topliss-reactive ketones (excluding diaryl/α,β-unsaturated/α-hetero) is 1. The molecule has 36 heavy (non-hydrogen) atoms. The van der Waals surface area contributed by atoms with Crippen LogP contribution in [0.1, 0.15) is 56.6 Å². The Kier molecular flexibility index (Phi) is 7.53. The summed E-state index contributed by atoms with van der Waals surface area (Å²) in [5, 5.41) is 3.42. The molecule has 0 saturated heterocycles.